The van der Waals surface area contributed by atoms with Crippen molar-refractivity contribution in [1.82, 2.24) is 9.88 Å². The normalized spacial score (nSPS) is 14.9. The van der Waals surface area contributed by atoms with Crippen LogP contribution in [0.25, 0.3) is 10.9 Å². The Balaban J connectivity index is 1.49. The molecule has 0 saturated carbocycles. The molecule has 148 valence electrons. The van der Waals surface area contributed by atoms with Gasteiger partial charge in [-0.1, -0.05) is 53.0 Å². The lowest BCUT2D eigenvalue weighted by atomic mass is 9.88. The molecule has 4 nitrogen and oxygen atoms in total. The Morgan fingerprint density at radius 3 is 2.38 bits per heavy atom. The van der Waals surface area contributed by atoms with Gasteiger partial charge >= 0.3 is 0 Å². The summed E-state index contributed by atoms with van der Waals surface area (Å²) in [6.07, 6.45) is 1.20. The number of benzene rings is 2. The average molecular weight is 448 g/mol. The SMILES string of the molecule is O=C(c1ccc(Cl)c(Cl)c1)C1CCN(C(=O)c2cc(Cl)nc3ccccc23)CC1. The number of para-hydroxylation sites is 1. The van der Waals surface area contributed by atoms with Crippen LogP contribution < -0.4 is 0 Å². The van der Waals surface area contributed by atoms with Crippen molar-refractivity contribution in [3.8, 4) is 0 Å². The molecule has 1 amide bonds. The molecular formula is C22H17Cl3N2O2. The Kier molecular flexibility index (Phi) is 5.77. The highest BCUT2D eigenvalue weighted by atomic mass is 35.5. The highest BCUT2D eigenvalue weighted by Crippen LogP contribution is 2.28. The number of hydrogen-bond donors (Lipinski definition) is 0. The second kappa shape index (κ2) is 8.31. The van der Waals surface area contributed by atoms with Crippen LogP contribution in [0.3, 0.4) is 0 Å². The summed E-state index contributed by atoms with van der Waals surface area (Å²) in [5, 5.41) is 1.85. The molecule has 0 atom stereocenters. The molecule has 29 heavy (non-hydrogen) atoms. The summed E-state index contributed by atoms with van der Waals surface area (Å²) in [6, 6.07) is 14.0. The van der Waals surface area contributed by atoms with Crippen LogP contribution in [-0.2, 0) is 0 Å². The van der Waals surface area contributed by atoms with Crippen LogP contribution in [-0.4, -0.2) is 34.7 Å². The maximum atomic E-state index is 13.1. The van der Waals surface area contributed by atoms with Crippen molar-refractivity contribution >= 4 is 57.4 Å². The van der Waals surface area contributed by atoms with Crippen molar-refractivity contribution in [3.05, 3.63) is 74.9 Å². The van der Waals surface area contributed by atoms with Gasteiger partial charge in [0.15, 0.2) is 5.78 Å². The fourth-order valence-corrected chi connectivity index (χ4v) is 4.22. The number of ketones is 1. The molecular weight excluding hydrogens is 431 g/mol. The van der Waals surface area contributed by atoms with Crippen molar-refractivity contribution in [3.63, 3.8) is 0 Å². The zero-order valence-electron chi connectivity index (χ0n) is 15.4. The molecule has 1 aromatic heterocycles. The van der Waals surface area contributed by atoms with E-state index in [1.54, 1.807) is 29.2 Å². The molecule has 1 aliphatic heterocycles. The number of aromatic nitrogens is 1. The average Bonchev–Trinajstić information content (AvgIpc) is 2.74. The summed E-state index contributed by atoms with van der Waals surface area (Å²) < 4.78 is 0. The first-order valence-electron chi connectivity index (χ1n) is 9.28. The van der Waals surface area contributed by atoms with Crippen LogP contribution in [0, 0.1) is 5.92 Å². The third kappa shape index (κ3) is 4.11. The summed E-state index contributed by atoms with van der Waals surface area (Å²) in [5.41, 5.74) is 1.78. The number of rotatable bonds is 3. The van der Waals surface area contributed by atoms with E-state index in [-0.39, 0.29) is 22.8 Å². The number of amides is 1. The number of pyridine rings is 1. The zero-order valence-corrected chi connectivity index (χ0v) is 17.6. The molecule has 3 aromatic rings. The van der Waals surface area contributed by atoms with Crippen molar-refractivity contribution < 1.29 is 9.59 Å². The second-order valence-electron chi connectivity index (χ2n) is 7.07. The Labute approximate surface area is 183 Å². The predicted molar refractivity (Wildman–Crippen MR) is 116 cm³/mol. The third-order valence-corrected chi connectivity index (χ3v) is 6.21. The van der Waals surface area contributed by atoms with Crippen molar-refractivity contribution in [2.24, 2.45) is 5.92 Å². The van der Waals surface area contributed by atoms with E-state index in [4.69, 9.17) is 34.8 Å². The molecule has 0 N–H and O–H groups in total. The lowest BCUT2D eigenvalue weighted by Crippen LogP contribution is -2.40. The first-order valence-corrected chi connectivity index (χ1v) is 10.4. The maximum Gasteiger partial charge on any atom is 0.254 e. The van der Waals surface area contributed by atoms with Gasteiger partial charge in [0, 0.05) is 30.0 Å². The largest absolute Gasteiger partial charge is 0.339 e. The number of likely N-dealkylation sites (tertiary alicyclic amines) is 1. The Bertz CT molecular complexity index is 1110. The van der Waals surface area contributed by atoms with E-state index >= 15 is 0 Å². The number of carbonyl (C=O) groups excluding carboxylic acids is 2. The smallest absolute Gasteiger partial charge is 0.254 e. The summed E-state index contributed by atoms with van der Waals surface area (Å²) >= 11 is 18.1. The minimum Gasteiger partial charge on any atom is -0.339 e. The third-order valence-electron chi connectivity index (χ3n) is 5.27. The highest BCUT2D eigenvalue weighted by Gasteiger charge is 2.29. The van der Waals surface area contributed by atoms with Gasteiger partial charge in [0.1, 0.15) is 5.15 Å². The number of Topliss-reactive ketones (excluding diaryl/α,β-unsaturated/α-hetero) is 1. The fourth-order valence-electron chi connectivity index (χ4n) is 3.72. The number of nitrogens with zero attached hydrogens (tertiary/aromatic N) is 2. The minimum atomic E-state index is -0.144. The summed E-state index contributed by atoms with van der Waals surface area (Å²) in [7, 11) is 0. The molecule has 2 heterocycles. The first-order chi connectivity index (χ1) is 13.9. The number of carbonyl (C=O) groups is 2. The molecule has 1 fully saturated rings. The molecule has 2 aromatic carbocycles. The highest BCUT2D eigenvalue weighted by molar-refractivity contribution is 6.42. The van der Waals surface area contributed by atoms with Gasteiger partial charge in [-0.05, 0) is 43.2 Å². The molecule has 7 heteroatoms. The van der Waals surface area contributed by atoms with Gasteiger partial charge in [-0.25, -0.2) is 4.98 Å². The van der Waals surface area contributed by atoms with Gasteiger partial charge in [0.05, 0.1) is 21.1 Å². The summed E-state index contributed by atoms with van der Waals surface area (Å²) in [5.74, 6) is -0.201. The van der Waals surface area contributed by atoms with Gasteiger partial charge in [-0.15, -0.1) is 0 Å². The van der Waals surface area contributed by atoms with E-state index in [1.165, 1.54) is 0 Å². The number of hydrogen-bond acceptors (Lipinski definition) is 3. The lowest BCUT2D eigenvalue weighted by Gasteiger charge is -2.31. The van der Waals surface area contributed by atoms with Crippen LogP contribution in [0.4, 0.5) is 0 Å². The van der Waals surface area contributed by atoms with Gasteiger partial charge in [0.2, 0.25) is 0 Å². The monoisotopic (exact) mass is 446 g/mol. The van der Waals surface area contributed by atoms with Crippen molar-refractivity contribution in [2.75, 3.05) is 13.1 Å². The Morgan fingerprint density at radius 1 is 0.931 bits per heavy atom. The lowest BCUT2D eigenvalue weighted by molar-refractivity contribution is 0.0652. The molecule has 1 saturated heterocycles. The first kappa shape index (κ1) is 20.1. The molecule has 0 unspecified atom stereocenters. The van der Waals surface area contributed by atoms with E-state index in [0.29, 0.717) is 52.6 Å². The van der Waals surface area contributed by atoms with Crippen molar-refractivity contribution in [1.29, 1.82) is 0 Å². The van der Waals surface area contributed by atoms with Crippen LogP contribution in [0.2, 0.25) is 15.2 Å². The van der Waals surface area contributed by atoms with Crippen molar-refractivity contribution in [2.45, 2.75) is 12.8 Å². The Morgan fingerprint density at radius 2 is 1.66 bits per heavy atom. The second-order valence-corrected chi connectivity index (χ2v) is 8.27. The van der Waals surface area contributed by atoms with Gasteiger partial charge in [-0.2, -0.15) is 0 Å². The molecule has 4 rings (SSSR count). The summed E-state index contributed by atoms with van der Waals surface area (Å²) in [4.78, 5) is 32.0. The quantitative estimate of drug-likeness (QED) is 0.369. The van der Waals surface area contributed by atoms with E-state index in [0.717, 1.165) is 5.39 Å². The predicted octanol–water partition coefficient (Wildman–Crippen LogP) is 5.93. The van der Waals surface area contributed by atoms with Gasteiger partial charge < -0.3 is 4.90 Å². The van der Waals surface area contributed by atoms with E-state index in [1.807, 2.05) is 24.3 Å². The standard InChI is InChI=1S/C22H17Cl3N2O2/c23-17-6-5-14(11-18(17)24)21(28)13-7-9-27(10-8-13)22(29)16-12-20(25)26-19-4-2-1-3-15(16)19/h1-6,11-13H,7-10H2. The number of piperidine rings is 1. The van der Waals surface area contributed by atoms with Crippen LogP contribution >= 0.6 is 34.8 Å². The zero-order chi connectivity index (χ0) is 20.5. The van der Waals surface area contributed by atoms with E-state index in [2.05, 4.69) is 4.98 Å². The summed E-state index contributed by atoms with van der Waals surface area (Å²) in [6.45, 7) is 1.01. The fraction of sp³-hybridized carbons (Fsp3) is 0.227. The topological polar surface area (TPSA) is 50.3 Å². The van der Waals surface area contributed by atoms with Gasteiger partial charge in [-0.3, -0.25) is 9.59 Å². The molecule has 0 spiro atoms. The maximum absolute atomic E-state index is 13.1. The van der Waals surface area contributed by atoms with Crippen LogP contribution in [0.1, 0.15) is 33.6 Å². The molecule has 1 aliphatic rings. The molecule has 0 radical (unpaired) electrons. The van der Waals surface area contributed by atoms with Crippen LogP contribution in [0.5, 0.6) is 0 Å². The van der Waals surface area contributed by atoms with Gasteiger partial charge in [0.25, 0.3) is 5.91 Å². The number of fused-ring (bicyclic) bond motifs is 1. The molecule has 0 bridgehead atoms. The van der Waals surface area contributed by atoms with Crippen LogP contribution in [0.15, 0.2) is 48.5 Å². The number of halogens is 3. The van der Waals surface area contributed by atoms with E-state index in [9.17, 15) is 9.59 Å². The van der Waals surface area contributed by atoms with E-state index < -0.39 is 0 Å². The minimum absolute atomic E-state index is 0.0353. The molecule has 0 aliphatic carbocycles. The Hall–Kier alpha value is -2.14.